The minimum absolute atomic E-state index is 0.0220. The fourth-order valence-electron chi connectivity index (χ4n) is 7.70. The molecule has 0 aliphatic carbocycles. The van der Waals surface area contributed by atoms with Gasteiger partial charge in [0.1, 0.15) is 11.4 Å². The van der Waals surface area contributed by atoms with Gasteiger partial charge in [0.05, 0.1) is 23.9 Å². The van der Waals surface area contributed by atoms with Crippen molar-refractivity contribution in [2.24, 2.45) is 0 Å². The largest absolute Gasteiger partial charge is 0.452 e. The van der Waals surface area contributed by atoms with Crippen LogP contribution in [0.5, 0.6) is 0 Å². The quantitative estimate of drug-likeness (QED) is 0.116. The number of fused-ring (bicyclic) bond motifs is 3. The molecule has 0 bridgehead atoms. The Morgan fingerprint density at radius 3 is 1.66 bits per heavy atom. The summed E-state index contributed by atoms with van der Waals surface area (Å²) in [4.78, 5) is 13.4. The van der Waals surface area contributed by atoms with E-state index in [4.69, 9.17) is 11.3 Å². The smallest absolute Gasteiger partial charge is 0.174 e. The topological polar surface area (TPSA) is 51.8 Å². The molecule has 0 fully saturated rings. The first-order valence-electron chi connectivity index (χ1n) is 28.2. The molecule has 0 unspecified atom stereocenters. The van der Waals surface area contributed by atoms with Gasteiger partial charge in [-0.2, -0.15) is 0 Å². The lowest BCUT2D eigenvalue weighted by Gasteiger charge is -2.26. The molecule has 0 spiro atoms. The van der Waals surface area contributed by atoms with E-state index in [1.807, 2.05) is 12.1 Å². The summed E-state index contributed by atoms with van der Waals surface area (Å²) in [5.74, 6) is -1.98. The molecule has 0 aliphatic heterocycles. The van der Waals surface area contributed by atoms with Crippen molar-refractivity contribution in [2.75, 3.05) is 0 Å². The van der Waals surface area contributed by atoms with Crippen molar-refractivity contribution in [1.29, 1.82) is 0 Å². The van der Waals surface area contributed by atoms with Gasteiger partial charge in [0.2, 0.25) is 0 Å². The summed E-state index contributed by atoms with van der Waals surface area (Å²) in [6.45, 7) is 2.72. The standard InChI is InChI=1S/C59H47F2N3O/c1-59(2,51-38-64-55(34-52(51)60)50-20-12-19-48-49-28-27-47(44-13-6-3-7-14-44)56(61)58(49)65-57(48)50)35-43-32-41(23-21-39-25-29-53(62-36-39)45-15-8-4-9-16-45)31-42(33-43)24-22-40-26-30-54(63-37-40)46-17-10-5-11-18-46/h3-20,25-34,36-38H,21-24,35H2,1-2H3/i3D,6D,7D,13D,14D,21D2,22D2,23D2,24D2,35D2. The molecular formula is C59H47F2N3O. The van der Waals surface area contributed by atoms with E-state index in [1.54, 1.807) is 66.7 Å². The molecule has 4 heterocycles. The number of aromatic nitrogens is 3. The molecule has 0 amide bonds. The maximum Gasteiger partial charge on any atom is 0.174 e. The molecule has 0 atom stereocenters. The molecule has 4 nitrogen and oxygen atoms in total. The zero-order valence-electron chi connectivity index (χ0n) is 50.0. The third-order valence-electron chi connectivity index (χ3n) is 10.9. The molecule has 4 aromatic heterocycles. The number of aryl methyl sites for hydroxylation is 4. The van der Waals surface area contributed by atoms with Crippen LogP contribution in [0.4, 0.5) is 8.78 Å². The lowest BCUT2D eigenvalue weighted by Crippen LogP contribution is -2.23. The summed E-state index contributed by atoms with van der Waals surface area (Å²) in [5, 5.41) is 0.630. The number of para-hydroxylation sites is 1. The molecule has 10 rings (SSSR count). The summed E-state index contributed by atoms with van der Waals surface area (Å²) < 4.78 is 176. The zero-order valence-corrected chi connectivity index (χ0v) is 35.0. The van der Waals surface area contributed by atoms with Crippen LogP contribution in [0.2, 0.25) is 0 Å². The van der Waals surface area contributed by atoms with E-state index < -0.39 is 95.8 Å². The highest BCUT2D eigenvalue weighted by Gasteiger charge is 2.27. The van der Waals surface area contributed by atoms with Crippen molar-refractivity contribution in [1.82, 2.24) is 15.0 Å². The van der Waals surface area contributed by atoms with Crippen molar-refractivity contribution in [3.8, 4) is 44.9 Å². The van der Waals surface area contributed by atoms with Gasteiger partial charge in [0.25, 0.3) is 0 Å². The molecule has 10 aromatic rings. The summed E-state index contributed by atoms with van der Waals surface area (Å²) in [6.07, 6.45) is -11.4. The minimum Gasteiger partial charge on any atom is -0.452 e. The molecule has 0 radical (unpaired) electrons. The summed E-state index contributed by atoms with van der Waals surface area (Å²) in [5.41, 5.74) is -2.54. The van der Waals surface area contributed by atoms with E-state index in [-0.39, 0.29) is 55.6 Å². The molecule has 6 aromatic carbocycles. The van der Waals surface area contributed by atoms with Gasteiger partial charge in [0.15, 0.2) is 11.4 Å². The summed E-state index contributed by atoms with van der Waals surface area (Å²) in [7, 11) is 0. The Balaban J connectivity index is 1.06. The van der Waals surface area contributed by atoms with E-state index in [1.165, 1.54) is 62.6 Å². The molecule has 0 aliphatic rings. The number of hydrogen-bond acceptors (Lipinski definition) is 4. The van der Waals surface area contributed by atoms with Gasteiger partial charge in [-0.05, 0) is 94.9 Å². The van der Waals surface area contributed by atoms with Crippen LogP contribution in [0.15, 0.2) is 193 Å². The van der Waals surface area contributed by atoms with E-state index >= 15 is 8.78 Å². The van der Waals surface area contributed by atoms with E-state index in [0.29, 0.717) is 16.8 Å². The van der Waals surface area contributed by atoms with Crippen LogP contribution >= 0.6 is 0 Å². The van der Waals surface area contributed by atoms with Crippen molar-refractivity contribution < 1.29 is 33.8 Å². The lowest BCUT2D eigenvalue weighted by atomic mass is 9.78. The normalized spacial score (nSPS) is 16.2. The Morgan fingerprint density at radius 2 is 1.08 bits per heavy atom. The predicted molar refractivity (Wildman–Crippen MR) is 260 cm³/mol. The van der Waals surface area contributed by atoms with Gasteiger partial charge in [-0.25, -0.2) is 8.78 Å². The van der Waals surface area contributed by atoms with Crippen molar-refractivity contribution >= 4 is 21.9 Å². The van der Waals surface area contributed by atoms with Crippen molar-refractivity contribution in [3.63, 3.8) is 0 Å². The van der Waals surface area contributed by atoms with Gasteiger partial charge in [-0.1, -0.05) is 153 Å². The van der Waals surface area contributed by atoms with Crippen LogP contribution < -0.4 is 0 Å². The van der Waals surface area contributed by atoms with Crippen LogP contribution in [-0.2, 0) is 37.3 Å². The number of pyridine rings is 3. The third-order valence-corrected chi connectivity index (χ3v) is 10.9. The van der Waals surface area contributed by atoms with Crippen molar-refractivity contribution in [2.45, 2.75) is 51.1 Å². The zero-order chi connectivity index (χ0) is 57.6. The van der Waals surface area contributed by atoms with E-state index in [9.17, 15) is 13.7 Å². The Morgan fingerprint density at radius 1 is 0.508 bits per heavy atom. The Bertz CT molecular complexity index is 3890. The third kappa shape index (κ3) is 8.85. The van der Waals surface area contributed by atoms with Crippen LogP contribution in [0, 0.1) is 11.6 Å². The van der Waals surface area contributed by atoms with E-state index in [2.05, 4.69) is 15.0 Å². The van der Waals surface area contributed by atoms with Gasteiger partial charge in [-0.15, -0.1) is 0 Å². The number of hydrogen-bond donors (Lipinski definition) is 0. The van der Waals surface area contributed by atoms with Crippen LogP contribution in [0.25, 0.3) is 66.8 Å². The van der Waals surface area contributed by atoms with Gasteiger partial charge in [-0.3, -0.25) is 15.0 Å². The highest BCUT2D eigenvalue weighted by Crippen LogP contribution is 2.40. The fourth-order valence-corrected chi connectivity index (χ4v) is 7.70. The fraction of sp³-hybridized carbons (Fsp3) is 0.136. The SMILES string of the molecule is [2H]c1c([2H])c([2H])c(-c2ccc3c(oc4c(-c5cc(F)c(C(C)(C)C([2H])([2H])c6cc(C([2H])([2H])C([2H])([2H])c7ccc(-c8ccccc8)nc7)cc(C([2H])([2H])C([2H])([2H])c7ccc(-c8ccccc8)nc7)c6)cn5)cccc43)c2F)c([2H])c1[2H]. The molecular weight excluding hydrogens is 805 g/mol. The first kappa shape index (κ1) is 27.6. The number of rotatable bonds is 13. The summed E-state index contributed by atoms with van der Waals surface area (Å²) in [6, 6.07) is 32.3. The van der Waals surface area contributed by atoms with Gasteiger partial charge in [0, 0.05) is 77.0 Å². The molecule has 0 N–H and O–H groups in total. The molecule has 6 heteroatoms. The van der Waals surface area contributed by atoms with Crippen LogP contribution in [-0.4, -0.2) is 15.0 Å². The number of nitrogens with zero attached hydrogens (tertiary/aromatic N) is 3. The Hall–Kier alpha value is -7.57. The highest BCUT2D eigenvalue weighted by atomic mass is 19.1. The van der Waals surface area contributed by atoms with Gasteiger partial charge < -0.3 is 4.42 Å². The number of halogens is 2. The predicted octanol–water partition coefficient (Wildman–Crippen LogP) is 14.8. The van der Waals surface area contributed by atoms with Gasteiger partial charge >= 0.3 is 0 Å². The second-order valence-electron chi connectivity index (χ2n) is 15.8. The highest BCUT2D eigenvalue weighted by molar-refractivity contribution is 6.10. The Labute approximate surface area is 399 Å². The monoisotopic (exact) mass is 866 g/mol. The summed E-state index contributed by atoms with van der Waals surface area (Å²) >= 11 is 0. The molecule has 65 heavy (non-hydrogen) atoms. The van der Waals surface area contributed by atoms with Crippen LogP contribution in [0.3, 0.4) is 0 Å². The maximum atomic E-state index is 17.0. The first-order valence-corrected chi connectivity index (χ1v) is 20.7. The second kappa shape index (κ2) is 17.9. The first-order chi connectivity index (χ1) is 37.6. The second-order valence-corrected chi connectivity index (χ2v) is 15.8. The Kier molecular flexibility index (Phi) is 7.59. The molecule has 0 saturated heterocycles. The molecule has 0 saturated carbocycles. The molecule has 318 valence electrons. The van der Waals surface area contributed by atoms with Crippen LogP contribution in [0.1, 0.15) is 67.8 Å². The minimum atomic E-state index is -3.09. The van der Waals surface area contributed by atoms with Crippen molar-refractivity contribution in [3.05, 3.63) is 233 Å². The average Bonchev–Trinajstić information content (AvgIpc) is 3.97. The number of benzene rings is 6. The van der Waals surface area contributed by atoms with E-state index in [0.717, 1.165) is 41.6 Å². The lowest BCUT2D eigenvalue weighted by molar-refractivity contribution is 0.478. The number of furan rings is 1. The average molecular weight is 867 g/mol. The maximum absolute atomic E-state index is 17.0.